The second-order valence-corrected chi connectivity index (χ2v) is 9.77. The summed E-state index contributed by atoms with van der Waals surface area (Å²) in [5.74, 6) is 0.253. The van der Waals surface area contributed by atoms with Crippen LogP contribution in [0.15, 0.2) is 11.1 Å². The number of hydrogen-bond acceptors (Lipinski definition) is 7. The Morgan fingerprint density at radius 1 is 1.14 bits per heavy atom. The Labute approximate surface area is 164 Å². The van der Waals surface area contributed by atoms with Crippen molar-refractivity contribution in [2.75, 3.05) is 6.61 Å². The maximum absolute atomic E-state index is 12.1. The van der Waals surface area contributed by atoms with Crippen LogP contribution in [-0.4, -0.2) is 65.2 Å². The van der Waals surface area contributed by atoms with E-state index in [1.54, 1.807) is 0 Å². The van der Waals surface area contributed by atoms with E-state index in [1.165, 1.54) is 0 Å². The number of aliphatic hydroxyl groups is 2. The second-order valence-electron chi connectivity index (χ2n) is 9.77. The number of rotatable bonds is 1. The Kier molecular flexibility index (Phi) is 3.64. The van der Waals surface area contributed by atoms with Gasteiger partial charge in [0, 0.05) is 5.41 Å². The van der Waals surface area contributed by atoms with Gasteiger partial charge in [-0.3, -0.25) is 0 Å². The molecule has 0 aromatic carbocycles. The highest BCUT2D eigenvalue weighted by atomic mass is 16.7. The summed E-state index contributed by atoms with van der Waals surface area (Å²) in [6.07, 6.45) is 0.699. The van der Waals surface area contributed by atoms with E-state index in [-0.39, 0.29) is 42.0 Å². The zero-order valence-electron chi connectivity index (χ0n) is 16.5. The molecule has 9 atom stereocenters. The topological polar surface area (TPSA) is 109 Å². The van der Waals surface area contributed by atoms with Gasteiger partial charge in [-0.25, -0.2) is 4.79 Å². The van der Waals surface area contributed by atoms with Crippen LogP contribution in [0.5, 0.6) is 0 Å². The van der Waals surface area contributed by atoms with Gasteiger partial charge in [0.25, 0.3) is 0 Å². The van der Waals surface area contributed by atoms with Crippen LogP contribution < -0.4 is 0 Å². The average molecular weight is 392 g/mol. The number of carbonyl (C=O) groups excluding carboxylic acids is 2. The first-order valence-corrected chi connectivity index (χ1v) is 10.2. The van der Waals surface area contributed by atoms with Crippen LogP contribution >= 0.6 is 0 Å². The predicted molar refractivity (Wildman–Crippen MR) is 96.1 cm³/mol. The fourth-order valence-corrected chi connectivity index (χ4v) is 7.38. The first kappa shape index (κ1) is 18.7. The number of fused-ring (bicyclic) bond motifs is 2. The summed E-state index contributed by atoms with van der Waals surface area (Å²) in [4.78, 5) is 20.1. The molecule has 0 bridgehead atoms. The van der Waals surface area contributed by atoms with Crippen molar-refractivity contribution in [1.29, 1.82) is 0 Å². The normalized spacial score (nSPS) is 55.0. The molecule has 3 unspecified atom stereocenters. The van der Waals surface area contributed by atoms with Gasteiger partial charge in [0.2, 0.25) is 0 Å². The minimum Gasteiger partial charge on any atom is -0.458 e. The van der Waals surface area contributed by atoms with Crippen LogP contribution in [0.1, 0.15) is 40.0 Å². The summed E-state index contributed by atoms with van der Waals surface area (Å²) in [6.45, 7) is 8.72. The molecule has 0 aromatic rings. The molecule has 3 aliphatic carbocycles. The lowest BCUT2D eigenvalue weighted by Crippen LogP contribution is -2.67. The van der Waals surface area contributed by atoms with Gasteiger partial charge in [-0.2, -0.15) is 0 Å². The van der Waals surface area contributed by atoms with Crippen LogP contribution in [-0.2, 0) is 23.8 Å². The highest BCUT2D eigenvalue weighted by Gasteiger charge is 2.93. The molecule has 6 aliphatic rings. The van der Waals surface area contributed by atoms with Crippen molar-refractivity contribution in [2.45, 2.75) is 75.7 Å². The zero-order chi connectivity index (χ0) is 20.2. The fraction of sp³-hybridized carbons (Fsp3) is 0.810. The number of carbonyl (C=O) groups is 2. The molecule has 0 amide bonds. The summed E-state index contributed by atoms with van der Waals surface area (Å²) in [5.41, 5.74) is -0.157. The summed E-state index contributed by atoms with van der Waals surface area (Å²) in [5, 5.41) is 22.0. The van der Waals surface area contributed by atoms with Crippen LogP contribution in [0.25, 0.3) is 0 Å². The predicted octanol–water partition coefficient (Wildman–Crippen LogP) is 0.758. The van der Waals surface area contributed by atoms with E-state index in [0.717, 1.165) is 18.4 Å². The monoisotopic (exact) mass is 392 g/mol. The highest BCUT2D eigenvalue weighted by Crippen LogP contribution is 2.79. The lowest BCUT2D eigenvalue weighted by atomic mass is 9.46. The first-order valence-electron chi connectivity index (χ1n) is 10.2. The Hall–Kier alpha value is -1.28. The Bertz CT molecular complexity index is 777. The molecule has 0 radical (unpaired) electrons. The molecular formula is C21H28O7. The molecule has 0 aromatic heterocycles. The molecule has 3 aliphatic heterocycles. The number of cyclic esters (lactones) is 1. The largest absolute Gasteiger partial charge is 0.458 e. The third-order valence-corrected chi connectivity index (χ3v) is 8.61. The van der Waals surface area contributed by atoms with Gasteiger partial charge in [0.1, 0.15) is 19.0 Å². The number of epoxide rings is 2. The van der Waals surface area contributed by atoms with Crippen molar-refractivity contribution in [1.82, 2.24) is 0 Å². The van der Waals surface area contributed by atoms with E-state index >= 15 is 0 Å². The van der Waals surface area contributed by atoms with Crippen LogP contribution in [0.2, 0.25) is 0 Å². The molecule has 7 nitrogen and oxygen atoms in total. The Balaban J connectivity index is 0.000000829. The van der Waals surface area contributed by atoms with Crippen molar-refractivity contribution >= 4 is 12.8 Å². The maximum Gasteiger partial charge on any atom is 0.337 e. The highest BCUT2D eigenvalue weighted by molar-refractivity contribution is 5.93. The van der Waals surface area contributed by atoms with Crippen molar-refractivity contribution < 1.29 is 34.0 Å². The Morgan fingerprint density at radius 2 is 1.86 bits per heavy atom. The number of hydrogen-bond donors (Lipinski definition) is 2. The minimum atomic E-state index is -0.826. The number of aliphatic hydroxyl groups excluding tert-OH is 2. The van der Waals surface area contributed by atoms with Crippen LogP contribution in [0.4, 0.5) is 0 Å². The van der Waals surface area contributed by atoms with Crippen molar-refractivity contribution in [3.63, 3.8) is 0 Å². The SMILES string of the molecule is C=O.CC(C)C1C[C@@H]2O[C@@]23[C@@]2(C)C[C@H](O)C4=C(COC4=O)C2C[C@@H]2O[C@@]23C1O. The van der Waals surface area contributed by atoms with E-state index in [9.17, 15) is 15.0 Å². The summed E-state index contributed by atoms with van der Waals surface area (Å²) >= 11 is 0. The third-order valence-electron chi connectivity index (χ3n) is 8.61. The molecule has 2 spiro atoms. The van der Waals surface area contributed by atoms with Gasteiger partial charge in [-0.1, -0.05) is 20.8 Å². The summed E-state index contributed by atoms with van der Waals surface area (Å²) < 4.78 is 17.9. The second kappa shape index (κ2) is 5.45. The standard InChI is InChI=1S/C20H26O6.CH2O/c1-8(2)9-4-14-20(26-14)18(3)6-12(21)15-10(7-24-17(15)23)11(18)5-13-19(20,25-13)16(9)22;1-2/h8-9,11-14,16,21-22H,4-7H2,1-3H3;1H2/t9?,11?,12-,13-,14-,16?,18-,19+,20+;/m0./s1. The molecule has 2 N–H and O–H groups in total. The van der Waals surface area contributed by atoms with Gasteiger partial charge in [-0.15, -0.1) is 0 Å². The quantitative estimate of drug-likeness (QED) is 0.501. The van der Waals surface area contributed by atoms with E-state index < -0.39 is 23.4 Å². The number of ether oxygens (including phenoxy) is 3. The zero-order valence-corrected chi connectivity index (χ0v) is 16.5. The van der Waals surface area contributed by atoms with Gasteiger partial charge >= 0.3 is 5.97 Å². The van der Waals surface area contributed by atoms with Gasteiger partial charge in [-0.05, 0) is 42.6 Å². The van der Waals surface area contributed by atoms with Crippen LogP contribution in [0, 0.1) is 23.2 Å². The molecule has 2 saturated carbocycles. The van der Waals surface area contributed by atoms with E-state index in [2.05, 4.69) is 20.8 Å². The molecule has 154 valence electrons. The van der Waals surface area contributed by atoms with Crippen molar-refractivity contribution in [3.8, 4) is 0 Å². The van der Waals surface area contributed by atoms with Gasteiger partial charge in [0.15, 0.2) is 5.60 Å². The third kappa shape index (κ3) is 1.77. The summed E-state index contributed by atoms with van der Waals surface area (Å²) in [7, 11) is 0. The summed E-state index contributed by atoms with van der Waals surface area (Å²) in [6, 6.07) is 0. The van der Waals surface area contributed by atoms with E-state index in [0.29, 0.717) is 17.9 Å². The molecule has 7 heteroatoms. The molecule has 2 saturated heterocycles. The molecule has 3 heterocycles. The maximum atomic E-state index is 12.1. The van der Waals surface area contributed by atoms with Crippen LogP contribution in [0.3, 0.4) is 0 Å². The van der Waals surface area contributed by atoms with Gasteiger partial charge in [0.05, 0.1) is 30.0 Å². The number of esters is 1. The molecule has 28 heavy (non-hydrogen) atoms. The lowest BCUT2D eigenvalue weighted by molar-refractivity contribution is -0.137. The average Bonchev–Trinajstić information content (AvgIpc) is 3.52. The Morgan fingerprint density at radius 3 is 2.54 bits per heavy atom. The van der Waals surface area contributed by atoms with Crippen molar-refractivity contribution in [3.05, 3.63) is 11.1 Å². The lowest BCUT2D eigenvalue weighted by Gasteiger charge is -2.54. The van der Waals surface area contributed by atoms with E-state index in [1.807, 2.05) is 6.79 Å². The molecule has 4 fully saturated rings. The minimum absolute atomic E-state index is 0.0400. The fourth-order valence-electron chi connectivity index (χ4n) is 7.38. The van der Waals surface area contributed by atoms with Crippen molar-refractivity contribution in [2.24, 2.45) is 23.2 Å². The molecular weight excluding hydrogens is 364 g/mol. The smallest absolute Gasteiger partial charge is 0.337 e. The first-order chi connectivity index (χ1) is 13.3. The van der Waals surface area contributed by atoms with E-state index in [4.69, 9.17) is 19.0 Å². The van der Waals surface area contributed by atoms with Gasteiger partial charge < -0.3 is 29.2 Å². The molecule has 6 rings (SSSR count).